The minimum Gasteiger partial charge on any atom is -0.485 e. The Morgan fingerprint density at radius 2 is 1.75 bits per heavy atom. The molecule has 1 unspecified atom stereocenters. The van der Waals surface area contributed by atoms with Crippen LogP contribution in [0.15, 0.2) is 71.8 Å². The first-order chi connectivity index (χ1) is 28.1. The van der Waals surface area contributed by atoms with Gasteiger partial charge in [0, 0.05) is 35.3 Å². The Hall–Kier alpha value is -6.23. The molecule has 8 rings (SSSR count). The lowest BCUT2D eigenvalue weighted by atomic mass is 9.73. The molecule has 18 heteroatoms. The van der Waals surface area contributed by atoms with E-state index in [-0.39, 0.29) is 71.0 Å². The highest BCUT2D eigenvalue weighted by atomic mass is 35.5. The number of rotatable bonds is 8. The lowest BCUT2D eigenvalue weighted by Crippen LogP contribution is -2.47. The minimum atomic E-state index is -4.64. The van der Waals surface area contributed by atoms with Crippen LogP contribution in [-0.2, 0) is 29.5 Å². The Morgan fingerprint density at radius 3 is 2.44 bits per heavy atom. The number of carbonyl (C=O) groups excluding carboxylic acids is 2. The molecule has 2 aliphatic rings. The van der Waals surface area contributed by atoms with Gasteiger partial charge in [-0.05, 0) is 74.9 Å². The Labute approximate surface area is 339 Å². The predicted molar refractivity (Wildman–Crippen MR) is 208 cm³/mol. The molecule has 6 aromatic rings. The fraction of sp³-hybridized carbons (Fsp3) is 0.317. The van der Waals surface area contributed by atoms with Gasteiger partial charge in [0.25, 0.3) is 11.5 Å². The number of ether oxygens (including phenoxy) is 1. The number of pyridine rings is 1. The van der Waals surface area contributed by atoms with Gasteiger partial charge in [0.15, 0.2) is 17.3 Å². The summed E-state index contributed by atoms with van der Waals surface area (Å²) in [6, 6.07) is 14.7. The van der Waals surface area contributed by atoms with E-state index in [4.69, 9.17) is 16.3 Å². The molecule has 1 saturated heterocycles. The molecule has 2 amide bonds. The molecule has 1 aliphatic carbocycles. The van der Waals surface area contributed by atoms with Crippen LogP contribution >= 0.6 is 11.6 Å². The minimum absolute atomic E-state index is 0.0276. The maximum absolute atomic E-state index is 14.7. The topological polar surface area (TPSA) is 149 Å². The van der Waals surface area contributed by atoms with Gasteiger partial charge in [-0.3, -0.25) is 14.4 Å². The summed E-state index contributed by atoms with van der Waals surface area (Å²) in [5.41, 5.74) is 0.990. The molecule has 13 nitrogen and oxygen atoms in total. The van der Waals surface area contributed by atoms with Gasteiger partial charge >= 0.3 is 6.18 Å². The summed E-state index contributed by atoms with van der Waals surface area (Å²) in [7, 11) is 0. The summed E-state index contributed by atoms with van der Waals surface area (Å²) in [4.78, 5) is 61.3. The van der Waals surface area contributed by atoms with Gasteiger partial charge in [-0.1, -0.05) is 48.9 Å². The van der Waals surface area contributed by atoms with Gasteiger partial charge in [0.05, 0.1) is 27.7 Å². The summed E-state index contributed by atoms with van der Waals surface area (Å²) >= 11 is 6.18. The number of nitrogens with zero attached hydrogens (tertiary/aromatic N) is 8. The highest BCUT2D eigenvalue weighted by Crippen LogP contribution is 2.50. The summed E-state index contributed by atoms with van der Waals surface area (Å²) in [5.74, 6) is -1.58. The van der Waals surface area contributed by atoms with E-state index in [1.807, 2.05) is 37.3 Å². The van der Waals surface area contributed by atoms with E-state index in [0.29, 0.717) is 41.8 Å². The van der Waals surface area contributed by atoms with Crippen LogP contribution in [0.2, 0.25) is 5.02 Å². The molecule has 304 valence electrons. The summed E-state index contributed by atoms with van der Waals surface area (Å²) in [6.07, 6.45) is -2.00. The highest BCUT2D eigenvalue weighted by Gasteiger charge is 2.49. The number of fused-ring (bicyclic) bond motifs is 3. The summed E-state index contributed by atoms with van der Waals surface area (Å²) < 4.78 is 62.8. The third-order valence-electron chi connectivity index (χ3n) is 11.1. The molecule has 0 radical (unpaired) electrons. The van der Waals surface area contributed by atoms with E-state index in [0.717, 1.165) is 34.3 Å². The molecule has 1 aliphatic heterocycles. The monoisotopic (exact) mass is 829 g/mol. The van der Waals surface area contributed by atoms with Gasteiger partial charge in [-0.25, -0.2) is 15.0 Å². The Kier molecular flexibility index (Phi) is 10.2. The molecule has 2 aromatic carbocycles. The number of aromatic nitrogens is 7. The van der Waals surface area contributed by atoms with Crippen molar-refractivity contribution in [3.8, 4) is 17.1 Å². The predicted octanol–water partition coefficient (Wildman–Crippen LogP) is 7.07. The van der Waals surface area contributed by atoms with E-state index in [1.165, 1.54) is 12.4 Å². The van der Waals surface area contributed by atoms with E-state index >= 15 is 0 Å². The molecular weight excluding hydrogens is 794 g/mol. The van der Waals surface area contributed by atoms with Crippen LogP contribution < -0.4 is 15.6 Å². The largest absolute Gasteiger partial charge is 0.485 e. The van der Waals surface area contributed by atoms with E-state index < -0.39 is 41.1 Å². The number of piperidine rings is 1. The molecule has 1 spiro atoms. The lowest BCUT2D eigenvalue weighted by molar-refractivity contribution is -0.137. The zero-order valence-electron chi connectivity index (χ0n) is 32.0. The first-order valence-electron chi connectivity index (χ1n) is 18.7. The maximum atomic E-state index is 14.7. The van der Waals surface area contributed by atoms with Gasteiger partial charge in [0.1, 0.15) is 19.5 Å². The molecule has 5 heterocycles. The third-order valence-corrected chi connectivity index (χ3v) is 11.4. The number of aryl methyl sites for hydroxylation is 2. The van der Waals surface area contributed by atoms with Crippen molar-refractivity contribution in [2.45, 2.75) is 70.7 Å². The van der Waals surface area contributed by atoms with Crippen molar-refractivity contribution in [3.05, 3.63) is 128 Å². The lowest BCUT2D eigenvalue weighted by Gasteiger charge is -2.39. The maximum Gasteiger partial charge on any atom is 0.416 e. The molecular formula is C41H36ClF4N9O4. The second kappa shape index (κ2) is 15.2. The van der Waals surface area contributed by atoms with Crippen molar-refractivity contribution in [1.29, 1.82) is 0 Å². The van der Waals surface area contributed by atoms with E-state index in [1.54, 1.807) is 23.3 Å². The Balaban J connectivity index is 1.13. The number of halogens is 5. The number of hydrogen-bond donors (Lipinski definition) is 1. The summed E-state index contributed by atoms with van der Waals surface area (Å²) in [5, 5.41) is 6.84. The van der Waals surface area contributed by atoms with Crippen molar-refractivity contribution in [2.24, 2.45) is 0 Å². The van der Waals surface area contributed by atoms with Crippen molar-refractivity contribution >= 4 is 34.9 Å². The average molecular weight is 830 g/mol. The second-order valence-corrected chi connectivity index (χ2v) is 15.3. The van der Waals surface area contributed by atoms with E-state index in [9.17, 15) is 31.9 Å². The fourth-order valence-electron chi connectivity index (χ4n) is 8.29. The number of carbonyl (C=O) groups is 2. The van der Waals surface area contributed by atoms with Crippen LogP contribution in [0.3, 0.4) is 0 Å². The standard InChI is InChI=1S/C41H36ClF4N9O4/c1-22-18-40(13-15-53(16-14-40)38(58)33-35(24(3)47-21-48-33)59-20-25-7-5-4-6-8-25)32-34(22)54(19-31(56)50-29-11-9-26(17-28(29)42)41(44,45)46)39-51-36(52-55(39)37(32)57)27-10-12-30(43)49-23(27)2/h4-12,17,21-22H,13-16,18-20H2,1-3H3,(H,50,56). The summed E-state index contributed by atoms with van der Waals surface area (Å²) in [6.45, 7) is 5.61. The van der Waals surface area contributed by atoms with Crippen molar-refractivity contribution in [2.75, 3.05) is 18.4 Å². The van der Waals surface area contributed by atoms with Crippen LogP contribution in [0.25, 0.3) is 17.2 Å². The first-order valence-corrected chi connectivity index (χ1v) is 19.1. The molecule has 1 atom stereocenters. The normalized spacial score (nSPS) is 16.1. The third kappa shape index (κ3) is 7.39. The zero-order chi connectivity index (χ0) is 41.8. The number of alkyl halides is 3. The van der Waals surface area contributed by atoms with Crippen LogP contribution in [0.4, 0.5) is 23.2 Å². The van der Waals surface area contributed by atoms with Crippen molar-refractivity contribution < 1.29 is 31.9 Å². The van der Waals surface area contributed by atoms with Crippen LogP contribution in [-0.4, -0.2) is 63.9 Å². The quantitative estimate of drug-likeness (QED) is 0.126. The van der Waals surface area contributed by atoms with Gasteiger partial charge in [0.2, 0.25) is 17.6 Å². The second-order valence-electron chi connectivity index (χ2n) is 14.9. The molecule has 1 N–H and O–H groups in total. The zero-order valence-corrected chi connectivity index (χ0v) is 32.7. The molecule has 59 heavy (non-hydrogen) atoms. The number of amides is 2. The van der Waals surface area contributed by atoms with Crippen molar-refractivity contribution in [1.82, 2.24) is 39.0 Å². The highest BCUT2D eigenvalue weighted by molar-refractivity contribution is 6.33. The first kappa shape index (κ1) is 39.6. The van der Waals surface area contributed by atoms with Crippen LogP contribution in [0.5, 0.6) is 5.75 Å². The smallest absolute Gasteiger partial charge is 0.416 e. The molecule has 0 bridgehead atoms. The number of anilines is 1. The fourth-order valence-corrected chi connectivity index (χ4v) is 8.52. The molecule has 1 fully saturated rings. The number of benzene rings is 2. The van der Waals surface area contributed by atoms with Crippen molar-refractivity contribution in [3.63, 3.8) is 0 Å². The van der Waals surface area contributed by atoms with Gasteiger partial charge in [-0.15, -0.1) is 5.10 Å². The molecule has 0 saturated carbocycles. The van der Waals surface area contributed by atoms with Crippen LogP contribution in [0, 0.1) is 19.8 Å². The van der Waals surface area contributed by atoms with E-state index in [2.05, 4.69) is 30.4 Å². The van der Waals surface area contributed by atoms with Crippen LogP contribution in [0.1, 0.15) is 76.4 Å². The average Bonchev–Trinajstić information content (AvgIpc) is 3.76. The SMILES string of the molecule is Cc1nc(F)ccc1-c1nc2n(CC(=O)Nc3ccc(C(F)(F)F)cc3Cl)c3c(c(=O)n2n1)C1(CCN(C(=O)c2ncnc(C)c2OCc2ccccc2)CC1)CC3C. The number of likely N-dealkylation sites (tertiary alicyclic amines) is 1. The van der Waals surface area contributed by atoms with Gasteiger partial charge < -0.3 is 19.5 Å². The molecule has 4 aromatic heterocycles. The Bertz CT molecular complexity index is 2700. The number of nitrogens with one attached hydrogen (secondary N) is 1. The number of hydrogen-bond acceptors (Lipinski definition) is 9. The Morgan fingerprint density at radius 1 is 1.00 bits per heavy atom. The van der Waals surface area contributed by atoms with Gasteiger partial charge in [-0.2, -0.15) is 27.1 Å².